The molecular formula is C43H45N2O6P2Y2-3. The zero-order chi connectivity index (χ0) is 37.5. The van der Waals surface area contributed by atoms with Crippen LogP contribution < -0.4 is 19.7 Å². The Morgan fingerprint density at radius 3 is 1.07 bits per heavy atom. The van der Waals surface area contributed by atoms with E-state index >= 15 is 0 Å². The van der Waals surface area contributed by atoms with E-state index < -0.39 is 26.3 Å². The fourth-order valence-electron chi connectivity index (χ4n) is 6.06. The molecule has 2 radical (unpaired) electrons. The molecule has 2 aliphatic rings. The van der Waals surface area contributed by atoms with Crippen molar-refractivity contribution in [3.63, 3.8) is 0 Å². The van der Waals surface area contributed by atoms with Crippen LogP contribution in [0, 0.1) is 7.43 Å². The van der Waals surface area contributed by atoms with Gasteiger partial charge in [0.1, 0.15) is 23.0 Å². The molecule has 0 saturated carbocycles. The largest absolute Gasteiger partial charge is 0.661 e. The Morgan fingerprint density at radius 2 is 0.727 bits per heavy atom. The van der Waals surface area contributed by atoms with Crippen LogP contribution in [0.1, 0.15) is 50.4 Å². The summed E-state index contributed by atoms with van der Waals surface area (Å²) in [5, 5.41) is 21.2. The summed E-state index contributed by atoms with van der Waals surface area (Å²) in [6, 6.07) is 42.4. The maximum absolute atomic E-state index is 13.8. The number of benzene rings is 6. The summed E-state index contributed by atoms with van der Waals surface area (Å²) < 4.78 is 39.2. The molecule has 0 aromatic heterocycles. The monoisotopic (exact) mass is 925 g/mol. The Labute approximate surface area is 375 Å². The molecule has 8 rings (SSSR count). The van der Waals surface area contributed by atoms with E-state index in [-0.39, 0.29) is 84.3 Å². The van der Waals surface area contributed by atoms with Crippen LogP contribution in [0.4, 0.5) is 0 Å². The van der Waals surface area contributed by atoms with Crippen LogP contribution in [0.15, 0.2) is 146 Å². The van der Waals surface area contributed by atoms with Gasteiger partial charge in [0.15, 0.2) is 0 Å². The van der Waals surface area contributed by atoms with Crippen molar-refractivity contribution >= 4 is 25.3 Å². The second-order valence-corrected chi connectivity index (χ2v) is 16.1. The van der Waals surface area contributed by atoms with E-state index in [0.717, 1.165) is 22.3 Å². The minimum Gasteiger partial charge on any atom is -0.661 e. The van der Waals surface area contributed by atoms with Crippen LogP contribution in [-0.4, -0.2) is 10.2 Å². The molecule has 2 heterocycles. The minimum atomic E-state index is -3.57. The van der Waals surface area contributed by atoms with E-state index in [9.17, 15) is 19.3 Å². The van der Waals surface area contributed by atoms with Crippen molar-refractivity contribution in [2.24, 2.45) is 0 Å². The van der Waals surface area contributed by atoms with Gasteiger partial charge >= 0.3 is 0 Å². The van der Waals surface area contributed by atoms with Gasteiger partial charge in [-0.1, -0.05) is 137 Å². The zero-order valence-corrected chi connectivity index (χ0v) is 39.1. The average Bonchev–Trinajstić information content (AvgIpc) is 3.20. The van der Waals surface area contributed by atoms with Crippen molar-refractivity contribution in [2.75, 3.05) is 0 Å². The quantitative estimate of drug-likeness (QED) is 0.133. The molecule has 0 amide bonds. The van der Waals surface area contributed by atoms with E-state index in [1.54, 1.807) is 72.8 Å². The maximum atomic E-state index is 13.8. The predicted octanol–water partition coefficient (Wildman–Crippen LogP) is 12.7. The predicted molar refractivity (Wildman–Crippen MR) is 219 cm³/mol. The Hall–Kier alpha value is -2.89. The van der Waals surface area contributed by atoms with Gasteiger partial charge in [0.25, 0.3) is 14.7 Å². The molecule has 0 saturated heterocycles. The molecule has 8 nitrogen and oxygen atoms in total. The van der Waals surface area contributed by atoms with Gasteiger partial charge in [-0.25, -0.2) is 0 Å². The smallest absolute Gasteiger partial charge is 0.265 e. The number of para-hydroxylation sites is 4. The van der Waals surface area contributed by atoms with Gasteiger partial charge in [0.2, 0.25) is 0 Å². The molecule has 0 bridgehead atoms. The summed E-state index contributed by atoms with van der Waals surface area (Å²) in [6.07, 6.45) is 0. The number of phenolic OH excluding ortho intramolecular Hbond substituents is 2. The van der Waals surface area contributed by atoms with Crippen molar-refractivity contribution in [3.8, 4) is 45.3 Å². The van der Waals surface area contributed by atoms with E-state index in [0.29, 0.717) is 33.2 Å². The number of hydrogen-bond donors (Lipinski definition) is 2. The minimum absolute atomic E-state index is 0. The summed E-state index contributed by atoms with van der Waals surface area (Å²) in [6.45, 7) is 8.00. The van der Waals surface area contributed by atoms with Crippen molar-refractivity contribution in [3.05, 3.63) is 176 Å². The number of nitrogens with one attached hydrogen (secondary N) is 2. The number of aromatic hydroxyl groups is 2. The average molecular weight is 926 g/mol. The second kappa shape index (κ2) is 21.6. The fourth-order valence-corrected chi connectivity index (χ4v) is 10.7. The number of fused-ring (bicyclic) bond motifs is 6. The van der Waals surface area contributed by atoms with E-state index in [4.69, 9.17) is 20.5 Å². The van der Waals surface area contributed by atoms with Crippen LogP contribution in [-0.2, 0) is 74.5 Å². The maximum Gasteiger partial charge on any atom is 0.265 e. The first-order chi connectivity index (χ1) is 25.2. The van der Waals surface area contributed by atoms with Crippen molar-refractivity contribution in [2.45, 2.75) is 39.3 Å². The molecule has 0 aliphatic carbocycles. The van der Waals surface area contributed by atoms with Crippen molar-refractivity contribution in [1.82, 2.24) is 0 Å². The van der Waals surface area contributed by atoms with Gasteiger partial charge in [-0.3, -0.25) is 9.13 Å². The molecule has 6 aromatic rings. The normalized spacial score (nSPS) is 17.4. The first kappa shape index (κ1) is 48.3. The molecule has 0 spiro atoms. The second-order valence-electron chi connectivity index (χ2n) is 11.3. The number of phenols is 2. The van der Waals surface area contributed by atoms with Crippen LogP contribution in [0.3, 0.4) is 0 Å². The SMILES string of the molecule is CC.CC.[CH3-].[NH-]C(c1ccccc1O)P1(=O)Oc2ccccc2-c2ccccc21.[NH-]C(c1ccccc1O)P1(=O)Oc2ccccc2-c2ccccc21.[Y].[Y]. The Morgan fingerprint density at radius 1 is 0.455 bits per heavy atom. The van der Waals surface area contributed by atoms with Crippen molar-refractivity contribution < 1.29 is 93.8 Å². The first-order valence-corrected chi connectivity index (χ1v) is 20.6. The van der Waals surface area contributed by atoms with Crippen LogP contribution >= 0.6 is 14.7 Å². The fraction of sp³-hybridized carbons (Fsp3) is 0.140. The third kappa shape index (κ3) is 9.63. The summed E-state index contributed by atoms with van der Waals surface area (Å²) in [7, 11) is -7.14. The van der Waals surface area contributed by atoms with Gasteiger partial charge in [-0.2, -0.15) is 0 Å². The van der Waals surface area contributed by atoms with Gasteiger partial charge in [0, 0.05) is 76.5 Å². The van der Waals surface area contributed by atoms with Crippen molar-refractivity contribution in [1.29, 1.82) is 0 Å². The molecule has 4 unspecified atom stereocenters. The van der Waals surface area contributed by atoms with E-state index in [1.807, 2.05) is 88.4 Å². The zero-order valence-electron chi connectivity index (χ0n) is 31.6. The van der Waals surface area contributed by atoms with Crippen LogP contribution in [0.25, 0.3) is 33.7 Å². The summed E-state index contributed by atoms with van der Waals surface area (Å²) in [4.78, 5) is 0. The molecular weight excluding hydrogens is 880 g/mol. The van der Waals surface area contributed by atoms with Gasteiger partial charge < -0.3 is 38.2 Å². The molecule has 6 aromatic carbocycles. The van der Waals surface area contributed by atoms with E-state index in [1.165, 1.54) is 12.1 Å². The third-order valence-corrected chi connectivity index (χ3v) is 13.4. The van der Waals surface area contributed by atoms with Crippen LogP contribution in [0.5, 0.6) is 23.0 Å². The topological polar surface area (TPSA) is 141 Å². The Bertz CT molecular complexity index is 2110. The summed E-state index contributed by atoms with van der Waals surface area (Å²) >= 11 is 0. The molecule has 4 N–H and O–H groups in total. The Balaban J connectivity index is 0.000000332. The van der Waals surface area contributed by atoms with Gasteiger partial charge in [0.05, 0.1) is 10.6 Å². The molecule has 55 heavy (non-hydrogen) atoms. The molecule has 4 atom stereocenters. The summed E-state index contributed by atoms with van der Waals surface area (Å²) in [5.74, 6) is -1.49. The van der Waals surface area contributed by atoms with Gasteiger partial charge in [-0.05, 0) is 70.2 Å². The van der Waals surface area contributed by atoms with Crippen LogP contribution in [0.2, 0.25) is 0 Å². The van der Waals surface area contributed by atoms with E-state index in [2.05, 4.69) is 0 Å². The van der Waals surface area contributed by atoms with Gasteiger partial charge in [-0.15, -0.1) is 0 Å². The molecule has 2 aliphatic heterocycles. The number of hydrogen-bond acceptors (Lipinski definition) is 6. The Kier molecular flexibility index (Phi) is 18.9. The molecule has 12 heteroatoms. The molecule has 282 valence electrons. The third-order valence-electron chi connectivity index (χ3n) is 8.44. The number of rotatable bonds is 4. The standard InChI is InChI=1S/2C19H15NO3P.2C2H6.CH3.2Y/c2*20-19(15-9-1-4-10-16(15)21)24(22)18-12-6-3-8-14(18)13-7-2-5-11-17(13)23-24;2*1-2;;;/h2*1-12,19-21H;2*1-2H3;1H3;;/q2*-1;;;-1;;. The molecule has 0 fully saturated rings. The summed E-state index contributed by atoms with van der Waals surface area (Å²) in [5.41, 5.74) is 21.1. The first-order valence-electron chi connectivity index (χ1n) is 17.2.